The fourth-order valence-electron chi connectivity index (χ4n) is 2.48. The van der Waals surface area contributed by atoms with Crippen LogP contribution in [0.2, 0.25) is 15.1 Å². The number of esters is 1. The molecule has 0 saturated carbocycles. The quantitative estimate of drug-likeness (QED) is 0.308. The first kappa shape index (κ1) is 21.2. The lowest BCUT2D eigenvalue weighted by Gasteiger charge is -2.13. The molecule has 0 unspecified atom stereocenters. The van der Waals surface area contributed by atoms with Crippen molar-refractivity contribution in [3.63, 3.8) is 0 Å². The van der Waals surface area contributed by atoms with E-state index in [0.717, 1.165) is 5.57 Å². The number of cyclic esters (lactones) is 1. The molecular weight excluding hydrogens is 437 g/mol. The number of rotatable bonds is 6. The van der Waals surface area contributed by atoms with Gasteiger partial charge in [0, 0.05) is 5.56 Å². The molecule has 1 aliphatic heterocycles. The topological polar surface area (TPSA) is 57.1 Å². The Bertz CT molecular complexity index is 1060. The predicted octanol–water partition coefficient (Wildman–Crippen LogP) is 5.95. The van der Waals surface area contributed by atoms with Crippen LogP contribution in [0.5, 0.6) is 11.5 Å². The van der Waals surface area contributed by atoms with Gasteiger partial charge in [-0.05, 0) is 54.5 Å². The fraction of sp³-hybridized carbons (Fsp3) is 0.143. The Kier molecular flexibility index (Phi) is 6.52. The Morgan fingerprint density at radius 3 is 2.59 bits per heavy atom. The van der Waals surface area contributed by atoms with Crippen LogP contribution in [0.3, 0.4) is 0 Å². The Morgan fingerprint density at radius 1 is 1.17 bits per heavy atom. The minimum absolute atomic E-state index is 0.111. The van der Waals surface area contributed by atoms with Crippen molar-refractivity contribution in [3.05, 3.63) is 74.4 Å². The molecule has 0 bridgehead atoms. The number of methoxy groups -OCH3 is 1. The third kappa shape index (κ3) is 4.93. The van der Waals surface area contributed by atoms with Gasteiger partial charge in [0.15, 0.2) is 17.2 Å². The number of benzene rings is 2. The summed E-state index contributed by atoms with van der Waals surface area (Å²) < 4.78 is 16.2. The molecule has 0 spiro atoms. The van der Waals surface area contributed by atoms with Crippen molar-refractivity contribution in [2.75, 3.05) is 13.7 Å². The van der Waals surface area contributed by atoms with Crippen LogP contribution in [0.1, 0.15) is 18.1 Å². The number of hydrogen-bond donors (Lipinski definition) is 0. The highest BCUT2D eigenvalue weighted by Gasteiger charge is 2.25. The molecule has 150 valence electrons. The van der Waals surface area contributed by atoms with E-state index in [0.29, 0.717) is 44.3 Å². The average molecular weight is 453 g/mol. The third-order valence-corrected chi connectivity index (χ3v) is 4.82. The number of halogens is 3. The molecular formula is C21H16Cl3NO4. The summed E-state index contributed by atoms with van der Waals surface area (Å²) in [6, 6.07) is 8.17. The van der Waals surface area contributed by atoms with Crippen molar-refractivity contribution in [2.24, 2.45) is 4.99 Å². The van der Waals surface area contributed by atoms with Gasteiger partial charge in [0.1, 0.15) is 6.61 Å². The van der Waals surface area contributed by atoms with Crippen LogP contribution in [-0.4, -0.2) is 25.6 Å². The molecule has 0 amide bonds. The molecule has 2 aromatic carbocycles. The number of carbonyl (C=O) groups excluding carboxylic acids is 1. The average Bonchev–Trinajstić information content (AvgIpc) is 3.03. The Labute approximate surface area is 183 Å². The van der Waals surface area contributed by atoms with Gasteiger partial charge >= 0.3 is 5.97 Å². The number of nitrogens with zero attached hydrogens (tertiary/aromatic N) is 1. The zero-order valence-electron chi connectivity index (χ0n) is 15.6. The minimum Gasteiger partial charge on any atom is -0.493 e. The zero-order chi connectivity index (χ0) is 21.1. The van der Waals surface area contributed by atoms with Crippen molar-refractivity contribution in [1.82, 2.24) is 0 Å². The summed E-state index contributed by atoms with van der Waals surface area (Å²) in [6.45, 7) is 5.94. The lowest BCUT2D eigenvalue weighted by Crippen LogP contribution is -2.05. The largest absolute Gasteiger partial charge is 0.493 e. The summed E-state index contributed by atoms with van der Waals surface area (Å²) in [5, 5.41) is 1.06. The van der Waals surface area contributed by atoms with Crippen LogP contribution >= 0.6 is 34.8 Å². The molecule has 5 nitrogen and oxygen atoms in total. The molecule has 0 aromatic heterocycles. The highest BCUT2D eigenvalue weighted by atomic mass is 35.5. The molecule has 0 saturated heterocycles. The second kappa shape index (κ2) is 8.91. The van der Waals surface area contributed by atoms with E-state index < -0.39 is 5.97 Å². The van der Waals surface area contributed by atoms with Crippen molar-refractivity contribution in [2.45, 2.75) is 6.92 Å². The van der Waals surface area contributed by atoms with E-state index in [2.05, 4.69) is 11.6 Å². The first-order valence-corrected chi connectivity index (χ1v) is 9.54. The second-order valence-electron chi connectivity index (χ2n) is 6.24. The Morgan fingerprint density at radius 2 is 1.93 bits per heavy atom. The fourth-order valence-corrected chi connectivity index (χ4v) is 3.05. The minimum atomic E-state index is -0.594. The molecule has 0 N–H and O–H groups in total. The first-order valence-electron chi connectivity index (χ1n) is 8.41. The van der Waals surface area contributed by atoms with E-state index in [1.807, 2.05) is 6.92 Å². The molecule has 0 atom stereocenters. The molecule has 29 heavy (non-hydrogen) atoms. The second-order valence-corrected chi connectivity index (χ2v) is 7.47. The van der Waals surface area contributed by atoms with E-state index in [9.17, 15) is 4.79 Å². The van der Waals surface area contributed by atoms with E-state index >= 15 is 0 Å². The van der Waals surface area contributed by atoms with Crippen LogP contribution in [0.15, 0.2) is 53.2 Å². The van der Waals surface area contributed by atoms with Crippen molar-refractivity contribution in [3.8, 4) is 11.5 Å². The van der Waals surface area contributed by atoms with Crippen molar-refractivity contribution in [1.29, 1.82) is 0 Å². The summed E-state index contributed by atoms with van der Waals surface area (Å²) in [4.78, 5) is 16.5. The van der Waals surface area contributed by atoms with Crippen molar-refractivity contribution < 1.29 is 19.0 Å². The van der Waals surface area contributed by atoms with Gasteiger partial charge in [-0.15, -0.1) is 0 Å². The van der Waals surface area contributed by atoms with Gasteiger partial charge in [0.2, 0.25) is 5.90 Å². The van der Waals surface area contributed by atoms with Crippen molar-refractivity contribution >= 4 is 52.7 Å². The smallest absolute Gasteiger partial charge is 0.363 e. The maximum absolute atomic E-state index is 12.2. The van der Waals surface area contributed by atoms with Gasteiger partial charge in [-0.2, -0.15) is 0 Å². The highest BCUT2D eigenvalue weighted by molar-refractivity contribution is 6.42. The normalized spacial score (nSPS) is 14.6. The molecule has 0 fully saturated rings. The van der Waals surface area contributed by atoms with Crippen LogP contribution < -0.4 is 9.47 Å². The summed E-state index contributed by atoms with van der Waals surface area (Å²) in [7, 11) is 1.50. The monoisotopic (exact) mass is 451 g/mol. The van der Waals surface area contributed by atoms with E-state index in [1.165, 1.54) is 7.11 Å². The number of ether oxygens (including phenoxy) is 3. The molecule has 2 aromatic rings. The van der Waals surface area contributed by atoms with E-state index in [4.69, 9.17) is 49.0 Å². The Balaban J connectivity index is 1.93. The molecule has 1 aliphatic rings. The number of hydrogen-bond acceptors (Lipinski definition) is 5. The first-order chi connectivity index (χ1) is 13.8. The van der Waals surface area contributed by atoms with Crippen LogP contribution in [-0.2, 0) is 9.53 Å². The third-order valence-electron chi connectivity index (χ3n) is 3.81. The lowest BCUT2D eigenvalue weighted by molar-refractivity contribution is -0.129. The van der Waals surface area contributed by atoms with Gasteiger partial charge in [0.05, 0.1) is 22.2 Å². The summed E-state index contributed by atoms with van der Waals surface area (Å²) in [5.74, 6) is 0.363. The van der Waals surface area contributed by atoms with Gasteiger partial charge in [-0.3, -0.25) is 0 Å². The molecule has 8 heteroatoms. The number of aliphatic imine (C=N–C) groups is 1. The van der Waals surface area contributed by atoms with Crippen LogP contribution in [0.25, 0.3) is 6.08 Å². The summed E-state index contributed by atoms with van der Waals surface area (Å²) in [6.07, 6.45) is 1.55. The SMILES string of the molecule is C=C(C)COc1c(Cl)cc(/C=C2\N=C(c3ccc(Cl)c(Cl)c3)OC2=O)cc1OC. The van der Waals surface area contributed by atoms with Crippen LogP contribution in [0, 0.1) is 0 Å². The highest BCUT2D eigenvalue weighted by Crippen LogP contribution is 2.37. The van der Waals surface area contributed by atoms with Gasteiger partial charge in [0.25, 0.3) is 0 Å². The molecule has 3 rings (SSSR count). The van der Waals surface area contributed by atoms with Crippen LogP contribution in [0.4, 0.5) is 0 Å². The maximum atomic E-state index is 12.2. The zero-order valence-corrected chi connectivity index (χ0v) is 17.9. The van der Waals surface area contributed by atoms with E-state index in [-0.39, 0.29) is 11.6 Å². The molecule has 0 aliphatic carbocycles. The van der Waals surface area contributed by atoms with Gasteiger partial charge < -0.3 is 14.2 Å². The maximum Gasteiger partial charge on any atom is 0.363 e. The van der Waals surface area contributed by atoms with E-state index in [1.54, 1.807) is 36.4 Å². The van der Waals surface area contributed by atoms with Gasteiger partial charge in [-0.1, -0.05) is 41.4 Å². The number of carbonyl (C=O) groups is 1. The predicted molar refractivity (Wildman–Crippen MR) is 115 cm³/mol. The lowest BCUT2D eigenvalue weighted by atomic mass is 10.1. The summed E-state index contributed by atoms with van der Waals surface area (Å²) in [5.41, 5.74) is 2.09. The summed E-state index contributed by atoms with van der Waals surface area (Å²) >= 11 is 18.3. The molecule has 0 radical (unpaired) electrons. The molecule has 1 heterocycles. The Hall–Kier alpha value is -2.47. The van der Waals surface area contributed by atoms with Gasteiger partial charge in [-0.25, -0.2) is 9.79 Å². The standard InChI is InChI=1S/C21H16Cl3NO4/c1-11(2)10-28-19-16(24)6-12(8-18(19)27-3)7-17-21(26)29-20(25-17)13-4-5-14(22)15(23)9-13/h4-9H,1,10H2,2-3H3/b17-7-.